The normalized spacial score (nSPS) is 10.2. The van der Waals surface area contributed by atoms with Gasteiger partial charge >= 0.3 is 7.12 Å². The molecule has 4 heteroatoms. The summed E-state index contributed by atoms with van der Waals surface area (Å²) in [5, 5.41) is 18.5. The molecular formula is C12H12BNO2. The number of aryl methyl sites for hydroxylation is 1. The van der Waals surface area contributed by atoms with Crippen molar-refractivity contribution in [1.29, 1.82) is 0 Å². The average molecular weight is 213 g/mol. The third kappa shape index (κ3) is 2.13. The van der Waals surface area contributed by atoms with Gasteiger partial charge in [0.25, 0.3) is 0 Å². The summed E-state index contributed by atoms with van der Waals surface area (Å²) in [6.45, 7) is 1.99. The van der Waals surface area contributed by atoms with Crippen molar-refractivity contribution in [2.45, 2.75) is 6.92 Å². The van der Waals surface area contributed by atoms with Crippen molar-refractivity contribution >= 4 is 12.6 Å². The molecule has 0 radical (unpaired) electrons. The number of hydrogen-bond donors (Lipinski definition) is 2. The zero-order valence-corrected chi connectivity index (χ0v) is 8.96. The largest absolute Gasteiger partial charge is 0.490 e. The smallest absolute Gasteiger partial charge is 0.423 e. The Hall–Kier alpha value is -1.65. The minimum atomic E-state index is -1.50. The quantitative estimate of drug-likeness (QED) is 0.723. The van der Waals surface area contributed by atoms with Gasteiger partial charge in [-0.1, -0.05) is 29.8 Å². The molecule has 16 heavy (non-hydrogen) atoms. The van der Waals surface area contributed by atoms with Crippen LogP contribution in [0.5, 0.6) is 0 Å². The third-order valence-corrected chi connectivity index (χ3v) is 2.41. The summed E-state index contributed by atoms with van der Waals surface area (Å²) in [5.74, 6) is 0. The maximum atomic E-state index is 9.25. The first-order valence-corrected chi connectivity index (χ1v) is 5.06. The molecule has 0 bridgehead atoms. The standard InChI is InChI=1S/C12H12BNO2/c1-9-4-2-5-10(8-9)12-11(13(15)16)6-3-7-14-12/h2-8,15-16H,1H3. The van der Waals surface area contributed by atoms with E-state index < -0.39 is 7.12 Å². The molecule has 0 aliphatic heterocycles. The van der Waals surface area contributed by atoms with E-state index in [-0.39, 0.29) is 0 Å². The molecule has 0 aliphatic carbocycles. The molecule has 0 saturated carbocycles. The zero-order chi connectivity index (χ0) is 11.5. The Morgan fingerprint density at radius 1 is 1.12 bits per heavy atom. The number of aromatic nitrogens is 1. The highest BCUT2D eigenvalue weighted by Gasteiger charge is 2.17. The zero-order valence-electron chi connectivity index (χ0n) is 8.96. The van der Waals surface area contributed by atoms with E-state index in [1.54, 1.807) is 18.3 Å². The first-order valence-electron chi connectivity index (χ1n) is 5.06. The number of rotatable bonds is 2. The number of nitrogens with zero attached hydrogens (tertiary/aromatic N) is 1. The summed E-state index contributed by atoms with van der Waals surface area (Å²) < 4.78 is 0. The molecule has 0 aliphatic rings. The Bertz CT molecular complexity index is 500. The van der Waals surface area contributed by atoms with Gasteiger partial charge in [0.2, 0.25) is 0 Å². The Morgan fingerprint density at radius 2 is 1.94 bits per heavy atom. The highest BCUT2D eigenvalue weighted by Crippen LogP contribution is 2.16. The molecule has 3 nitrogen and oxygen atoms in total. The Morgan fingerprint density at radius 3 is 2.62 bits per heavy atom. The number of pyridine rings is 1. The summed E-state index contributed by atoms with van der Waals surface area (Å²) in [4.78, 5) is 4.19. The highest BCUT2D eigenvalue weighted by atomic mass is 16.4. The van der Waals surface area contributed by atoms with Crippen molar-refractivity contribution in [2.75, 3.05) is 0 Å². The average Bonchev–Trinajstić information content (AvgIpc) is 2.29. The van der Waals surface area contributed by atoms with Gasteiger partial charge in [0.15, 0.2) is 0 Å². The predicted molar refractivity (Wildman–Crippen MR) is 64.2 cm³/mol. The Labute approximate surface area is 94.6 Å². The van der Waals surface area contributed by atoms with Crippen molar-refractivity contribution in [2.24, 2.45) is 0 Å². The fourth-order valence-corrected chi connectivity index (χ4v) is 1.66. The van der Waals surface area contributed by atoms with Crippen LogP contribution in [-0.2, 0) is 0 Å². The second-order valence-electron chi connectivity index (χ2n) is 3.68. The van der Waals surface area contributed by atoms with Gasteiger partial charge in [-0.3, -0.25) is 4.98 Å². The van der Waals surface area contributed by atoms with Crippen LogP contribution in [-0.4, -0.2) is 22.2 Å². The van der Waals surface area contributed by atoms with Crippen molar-refractivity contribution in [3.05, 3.63) is 48.2 Å². The molecule has 1 aromatic heterocycles. The fraction of sp³-hybridized carbons (Fsp3) is 0.0833. The van der Waals surface area contributed by atoms with Crippen molar-refractivity contribution < 1.29 is 10.0 Å². The lowest BCUT2D eigenvalue weighted by Gasteiger charge is -2.07. The Kier molecular flexibility index (Phi) is 3.03. The maximum Gasteiger partial charge on any atom is 0.490 e. The van der Waals surface area contributed by atoms with Gasteiger partial charge in [-0.25, -0.2) is 0 Å². The molecule has 0 spiro atoms. The minimum Gasteiger partial charge on any atom is -0.423 e. The lowest BCUT2D eigenvalue weighted by Crippen LogP contribution is -2.32. The SMILES string of the molecule is Cc1cccc(-c2ncccc2B(O)O)c1. The lowest BCUT2D eigenvalue weighted by molar-refractivity contribution is 0.426. The fourth-order valence-electron chi connectivity index (χ4n) is 1.66. The monoisotopic (exact) mass is 213 g/mol. The van der Waals surface area contributed by atoms with E-state index >= 15 is 0 Å². The third-order valence-electron chi connectivity index (χ3n) is 2.41. The van der Waals surface area contributed by atoms with Gasteiger partial charge in [0.05, 0.1) is 5.69 Å². The van der Waals surface area contributed by atoms with Crippen LogP contribution in [0, 0.1) is 6.92 Å². The topological polar surface area (TPSA) is 53.4 Å². The van der Waals surface area contributed by atoms with E-state index in [1.165, 1.54) is 0 Å². The molecule has 2 rings (SSSR count). The van der Waals surface area contributed by atoms with Gasteiger partial charge in [0, 0.05) is 17.2 Å². The highest BCUT2D eigenvalue weighted by molar-refractivity contribution is 6.60. The summed E-state index contributed by atoms with van der Waals surface area (Å²) >= 11 is 0. The molecule has 0 unspecified atom stereocenters. The summed E-state index contributed by atoms with van der Waals surface area (Å²) in [6.07, 6.45) is 1.64. The molecular weight excluding hydrogens is 201 g/mol. The summed E-state index contributed by atoms with van der Waals surface area (Å²) in [6, 6.07) is 11.1. The summed E-state index contributed by atoms with van der Waals surface area (Å²) in [7, 11) is -1.50. The minimum absolute atomic E-state index is 0.424. The van der Waals surface area contributed by atoms with Crippen LogP contribution in [0.1, 0.15) is 5.56 Å². The molecule has 1 heterocycles. The Balaban J connectivity index is 2.55. The van der Waals surface area contributed by atoms with Crippen LogP contribution >= 0.6 is 0 Å². The van der Waals surface area contributed by atoms with E-state index in [0.717, 1.165) is 11.1 Å². The van der Waals surface area contributed by atoms with E-state index in [9.17, 15) is 10.0 Å². The van der Waals surface area contributed by atoms with Crippen LogP contribution in [0.2, 0.25) is 0 Å². The molecule has 0 amide bonds. The van der Waals surface area contributed by atoms with Gasteiger partial charge < -0.3 is 10.0 Å². The van der Waals surface area contributed by atoms with E-state index in [1.807, 2.05) is 31.2 Å². The van der Waals surface area contributed by atoms with Crippen LogP contribution in [0.4, 0.5) is 0 Å². The summed E-state index contributed by atoms with van der Waals surface area (Å²) in [5.41, 5.74) is 3.04. The van der Waals surface area contributed by atoms with Crippen LogP contribution in [0.25, 0.3) is 11.3 Å². The van der Waals surface area contributed by atoms with Crippen molar-refractivity contribution in [3.63, 3.8) is 0 Å². The van der Waals surface area contributed by atoms with Crippen LogP contribution < -0.4 is 5.46 Å². The second-order valence-corrected chi connectivity index (χ2v) is 3.68. The molecule has 2 N–H and O–H groups in total. The van der Waals surface area contributed by atoms with Crippen molar-refractivity contribution in [3.8, 4) is 11.3 Å². The first kappa shape index (κ1) is 10.9. The van der Waals surface area contributed by atoms with Gasteiger partial charge in [-0.05, 0) is 19.1 Å². The molecule has 2 aromatic rings. The second kappa shape index (κ2) is 4.47. The number of benzene rings is 1. The van der Waals surface area contributed by atoms with Gasteiger partial charge in [0.1, 0.15) is 0 Å². The lowest BCUT2D eigenvalue weighted by atomic mass is 9.77. The van der Waals surface area contributed by atoms with E-state index in [2.05, 4.69) is 4.98 Å². The van der Waals surface area contributed by atoms with Gasteiger partial charge in [-0.15, -0.1) is 0 Å². The molecule has 80 valence electrons. The van der Waals surface area contributed by atoms with Crippen LogP contribution in [0.15, 0.2) is 42.6 Å². The van der Waals surface area contributed by atoms with Crippen molar-refractivity contribution in [1.82, 2.24) is 4.98 Å². The van der Waals surface area contributed by atoms with Crippen LogP contribution in [0.3, 0.4) is 0 Å². The molecule has 0 atom stereocenters. The molecule has 0 fully saturated rings. The van der Waals surface area contributed by atoms with E-state index in [4.69, 9.17) is 0 Å². The first-order chi connectivity index (χ1) is 7.68. The van der Waals surface area contributed by atoms with Gasteiger partial charge in [-0.2, -0.15) is 0 Å². The molecule has 0 saturated heterocycles. The maximum absolute atomic E-state index is 9.25. The number of hydrogen-bond acceptors (Lipinski definition) is 3. The van der Waals surface area contributed by atoms with E-state index in [0.29, 0.717) is 11.2 Å². The predicted octanol–water partition coefficient (Wildman–Crippen LogP) is 0.737. The molecule has 1 aromatic carbocycles.